The first-order valence-electron chi connectivity index (χ1n) is 7.60. The van der Waals surface area contributed by atoms with Gasteiger partial charge in [0.2, 0.25) is 0 Å². The fraction of sp³-hybridized carbons (Fsp3) is 0.312. The number of imide groups is 1. The normalized spacial score (nSPS) is 18.2. The van der Waals surface area contributed by atoms with Gasteiger partial charge in [0.25, 0.3) is 17.7 Å². The molecule has 0 bridgehead atoms. The maximum absolute atomic E-state index is 12.6. The van der Waals surface area contributed by atoms with Crippen molar-refractivity contribution < 1.29 is 24.2 Å². The molecule has 0 aliphatic carbocycles. The number of likely N-dealkylation sites (N-methyl/N-ethyl adjacent to an activating group) is 1. The van der Waals surface area contributed by atoms with E-state index in [2.05, 4.69) is 5.32 Å². The summed E-state index contributed by atoms with van der Waals surface area (Å²) in [6.07, 6.45) is 0. The number of benzene rings is 1. The van der Waals surface area contributed by atoms with Crippen LogP contribution in [-0.4, -0.2) is 66.0 Å². The zero-order valence-corrected chi connectivity index (χ0v) is 14.2. The number of anilines is 1. The molecule has 0 radical (unpaired) electrons. The Hall–Kier alpha value is -2.58. The lowest BCUT2D eigenvalue weighted by atomic mass is 10.1. The molecular weight excluding hydrogens is 350 g/mol. The molecule has 0 atom stereocenters. The van der Waals surface area contributed by atoms with E-state index in [1.165, 1.54) is 19.2 Å². The van der Waals surface area contributed by atoms with E-state index in [0.717, 1.165) is 4.90 Å². The highest BCUT2D eigenvalue weighted by molar-refractivity contribution is 6.48. The van der Waals surface area contributed by atoms with Crippen molar-refractivity contribution in [2.24, 2.45) is 0 Å². The van der Waals surface area contributed by atoms with Crippen LogP contribution in [0.5, 0.6) is 5.75 Å². The van der Waals surface area contributed by atoms with Gasteiger partial charge in [-0.15, -0.1) is 0 Å². The summed E-state index contributed by atoms with van der Waals surface area (Å²) in [7, 11) is 1.31. The van der Waals surface area contributed by atoms with Crippen LogP contribution in [0.4, 0.5) is 5.69 Å². The van der Waals surface area contributed by atoms with Crippen molar-refractivity contribution in [3.63, 3.8) is 0 Å². The summed E-state index contributed by atoms with van der Waals surface area (Å²) in [5.41, 5.74) is 0.0675. The van der Waals surface area contributed by atoms with E-state index in [0.29, 0.717) is 26.3 Å². The van der Waals surface area contributed by atoms with Crippen LogP contribution in [0, 0.1) is 0 Å². The summed E-state index contributed by atoms with van der Waals surface area (Å²) in [5.74, 6) is -1.89. The van der Waals surface area contributed by atoms with Crippen LogP contribution in [0.2, 0.25) is 0 Å². The average molecular weight is 366 g/mol. The van der Waals surface area contributed by atoms with Crippen LogP contribution in [-0.2, 0) is 14.3 Å². The number of nitrogens with zero attached hydrogens (tertiary/aromatic N) is 2. The molecule has 1 aromatic carbocycles. The molecule has 0 spiro atoms. The molecule has 1 aromatic rings. The number of rotatable bonds is 3. The maximum Gasteiger partial charge on any atom is 0.278 e. The highest BCUT2D eigenvalue weighted by Crippen LogP contribution is 2.32. The fourth-order valence-electron chi connectivity index (χ4n) is 2.60. The second-order valence-electron chi connectivity index (χ2n) is 5.59. The molecule has 8 nitrogen and oxygen atoms in total. The number of aromatic hydroxyl groups is 1. The number of hydrogen-bond acceptors (Lipinski definition) is 6. The molecular formula is C16H16ClN3O5. The van der Waals surface area contributed by atoms with Gasteiger partial charge in [-0.05, 0) is 12.1 Å². The number of nitrogens with one attached hydrogen (secondary N) is 1. The molecule has 1 saturated heterocycles. The quantitative estimate of drug-likeness (QED) is 0.605. The van der Waals surface area contributed by atoms with Crippen LogP contribution in [0.1, 0.15) is 10.4 Å². The molecule has 0 aromatic heterocycles. The van der Waals surface area contributed by atoms with Gasteiger partial charge in [0.05, 0.1) is 24.5 Å². The number of ether oxygens (including phenoxy) is 1. The molecule has 2 N–H and O–H groups in total. The van der Waals surface area contributed by atoms with Gasteiger partial charge >= 0.3 is 0 Å². The minimum absolute atomic E-state index is 0.0914. The SMILES string of the molecule is CN1C(=O)C(Cl)=C(Nc2cccc(C(=O)N3CCOCC3)c2O)C1=O. The monoisotopic (exact) mass is 365 g/mol. The highest BCUT2D eigenvalue weighted by Gasteiger charge is 2.35. The van der Waals surface area contributed by atoms with Gasteiger partial charge in [-0.25, -0.2) is 0 Å². The molecule has 2 aliphatic heterocycles. The number of morpholine rings is 1. The van der Waals surface area contributed by atoms with Gasteiger partial charge in [-0.2, -0.15) is 0 Å². The standard InChI is InChI=1S/C16H16ClN3O5/c1-19-15(23)11(17)12(16(19)24)18-10-4-2-3-9(13(10)21)14(22)20-5-7-25-8-6-20/h2-4,18,21H,5-8H2,1H3. The maximum atomic E-state index is 12.6. The van der Waals surface area contributed by atoms with Gasteiger partial charge < -0.3 is 20.1 Å². The Morgan fingerprint density at radius 3 is 2.52 bits per heavy atom. The van der Waals surface area contributed by atoms with Gasteiger partial charge in [0, 0.05) is 20.1 Å². The summed E-state index contributed by atoms with van der Waals surface area (Å²) in [6, 6.07) is 4.54. The Labute approximate surface area is 148 Å². The minimum Gasteiger partial charge on any atom is -0.505 e. The number of halogens is 1. The summed E-state index contributed by atoms with van der Waals surface area (Å²) in [6.45, 7) is 1.75. The van der Waals surface area contributed by atoms with E-state index in [1.807, 2.05) is 0 Å². The van der Waals surface area contributed by atoms with Crippen molar-refractivity contribution >= 4 is 35.0 Å². The molecule has 132 valence electrons. The van der Waals surface area contributed by atoms with E-state index < -0.39 is 11.8 Å². The zero-order valence-electron chi connectivity index (χ0n) is 13.4. The second kappa shape index (κ2) is 6.73. The van der Waals surface area contributed by atoms with Gasteiger partial charge in [0.15, 0.2) is 5.75 Å². The topological polar surface area (TPSA) is 99.2 Å². The van der Waals surface area contributed by atoms with Crippen molar-refractivity contribution in [1.82, 2.24) is 9.80 Å². The lowest BCUT2D eigenvalue weighted by Crippen LogP contribution is -2.40. The number of phenols is 1. The number of hydrogen-bond donors (Lipinski definition) is 2. The average Bonchev–Trinajstić information content (AvgIpc) is 2.81. The van der Waals surface area contributed by atoms with Crippen LogP contribution < -0.4 is 5.32 Å². The van der Waals surface area contributed by atoms with Gasteiger partial charge in [-0.3, -0.25) is 19.3 Å². The Morgan fingerprint density at radius 2 is 1.92 bits per heavy atom. The molecule has 0 unspecified atom stereocenters. The van der Waals surface area contributed by atoms with Crippen LogP contribution >= 0.6 is 11.6 Å². The number of amides is 3. The molecule has 0 saturated carbocycles. The van der Waals surface area contributed by atoms with E-state index in [-0.39, 0.29) is 33.6 Å². The molecule has 3 rings (SSSR count). The molecule has 3 amide bonds. The van der Waals surface area contributed by atoms with E-state index in [9.17, 15) is 19.5 Å². The molecule has 1 fully saturated rings. The molecule has 9 heteroatoms. The summed E-state index contributed by atoms with van der Waals surface area (Å²) < 4.78 is 5.21. The molecule has 2 aliphatic rings. The zero-order chi connectivity index (χ0) is 18.1. The third-order valence-electron chi connectivity index (χ3n) is 4.05. The first kappa shape index (κ1) is 17.2. The lowest BCUT2D eigenvalue weighted by Gasteiger charge is -2.27. The van der Waals surface area contributed by atoms with E-state index >= 15 is 0 Å². The van der Waals surface area contributed by atoms with Crippen LogP contribution in [0.3, 0.4) is 0 Å². The first-order chi connectivity index (χ1) is 11.9. The summed E-state index contributed by atoms with van der Waals surface area (Å²) >= 11 is 5.88. The second-order valence-corrected chi connectivity index (χ2v) is 5.97. The largest absolute Gasteiger partial charge is 0.505 e. The Balaban J connectivity index is 1.88. The molecule has 25 heavy (non-hydrogen) atoms. The number of para-hydroxylation sites is 1. The predicted molar refractivity (Wildman–Crippen MR) is 89.1 cm³/mol. The van der Waals surface area contributed by atoms with Crippen LogP contribution in [0.15, 0.2) is 28.9 Å². The smallest absolute Gasteiger partial charge is 0.278 e. The Bertz CT molecular complexity index is 786. The lowest BCUT2D eigenvalue weighted by molar-refractivity contribution is -0.135. The Kier molecular flexibility index (Phi) is 4.65. The third-order valence-corrected chi connectivity index (χ3v) is 4.41. The van der Waals surface area contributed by atoms with E-state index in [4.69, 9.17) is 16.3 Å². The number of phenolic OH excluding ortho intramolecular Hbond substituents is 1. The summed E-state index contributed by atoms with van der Waals surface area (Å²) in [5, 5.41) is 12.8. The number of carbonyl (C=O) groups excluding carboxylic acids is 3. The van der Waals surface area contributed by atoms with E-state index in [1.54, 1.807) is 11.0 Å². The van der Waals surface area contributed by atoms with Crippen molar-refractivity contribution in [2.75, 3.05) is 38.7 Å². The van der Waals surface area contributed by atoms with Gasteiger partial charge in [0.1, 0.15) is 10.7 Å². The van der Waals surface area contributed by atoms with Crippen molar-refractivity contribution in [2.45, 2.75) is 0 Å². The minimum atomic E-state index is -0.630. The summed E-state index contributed by atoms with van der Waals surface area (Å²) in [4.78, 5) is 38.8. The first-order valence-corrected chi connectivity index (χ1v) is 7.97. The third kappa shape index (κ3) is 3.06. The van der Waals surface area contributed by atoms with Crippen molar-refractivity contribution in [3.05, 3.63) is 34.5 Å². The Morgan fingerprint density at radius 1 is 1.24 bits per heavy atom. The highest BCUT2D eigenvalue weighted by atomic mass is 35.5. The van der Waals surface area contributed by atoms with Crippen molar-refractivity contribution in [1.29, 1.82) is 0 Å². The fourth-order valence-corrected chi connectivity index (χ4v) is 2.86. The molecule has 2 heterocycles. The van der Waals surface area contributed by atoms with Crippen molar-refractivity contribution in [3.8, 4) is 5.75 Å². The van der Waals surface area contributed by atoms with Gasteiger partial charge in [-0.1, -0.05) is 17.7 Å². The van der Waals surface area contributed by atoms with Crippen LogP contribution in [0.25, 0.3) is 0 Å². The predicted octanol–water partition coefficient (Wildman–Crippen LogP) is 0.725. The number of carbonyl (C=O) groups is 3.